The summed E-state index contributed by atoms with van der Waals surface area (Å²) in [6.07, 6.45) is -1.52. The minimum absolute atomic E-state index is 0.00505. The maximum absolute atomic E-state index is 13.1. The van der Waals surface area contributed by atoms with Gasteiger partial charge in [0.05, 0.1) is 37.9 Å². The van der Waals surface area contributed by atoms with E-state index in [-0.39, 0.29) is 26.1 Å². The number of hydrogen-bond donors (Lipinski definition) is 1. The Labute approximate surface area is 105 Å². The Hall–Kier alpha value is -0.0900. The molecular formula is C9H15FNO4PS. The Morgan fingerprint density at radius 3 is 2.88 bits per heavy atom. The van der Waals surface area contributed by atoms with E-state index in [2.05, 4.69) is 0 Å². The number of alkyl halides is 1. The van der Waals surface area contributed by atoms with Gasteiger partial charge in [0, 0.05) is 6.42 Å². The molecule has 0 bridgehead atoms. The van der Waals surface area contributed by atoms with Gasteiger partial charge in [-0.15, -0.1) is 0 Å². The summed E-state index contributed by atoms with van der Waals surface area (Å²) in [6, 6.07) is 1.85. The van der Waals surface area contributed by atoms with Gasteiger partial charge in [-0.05, 0) is 18.7 Å². The highest BCUT2D eigenvalue weighted by molar-refractivity contribution is 8.07. The standard InChI is InChI=1S/C9H15FNO4PS/c1-7-9(10)5-8(15-7)6-14-16(12,17)13-4-2-3-11/h7-9H,2,4-6H2,1H3,(H,12,17)/t7-,8-,9-,16?/m0/s1. The van der Waals surface area contributed by atoms with Gasteiger partial charge >= 0.3 is 6.72 Å². The third-order valence-electron chi connectivity index (χ3n) is 2.30. The van der Waals surface area contributed by atoms with E-state index in [1.807, 2.05) is 6.07 Å². The van der Waals surface area contributed by atoms with Gasteiger partial charge in [-0.3, -0.25) is 0 Å². The van der Waals surface area contributed by atoms with Crippen molar-refractivity contribution in [2.75, 3.05) is 13.2 Å². The Morgan fingerprint density at radius 2 is 2.35 bits per heavy atom. The predicted octanol–water partition coefficient (Wildman–Crippen LogP) is 1.67. The van der Waals surface area contributed by atoms with Crippen molar-refractivity contribution in [3.8, 4) is 6.07 Å². The fourth-order valence-electron chi connectivity index (χ4n) is 1.42. The first-order chi connectivity index (χ1) is 7.94. The molecule has 1 unspecified atom stereocenters. The second-order valence-corrected chi connectivity index (χ2v) is 6.56. The number of nitriles is 1. The van der Waals surface area contributed by atoms with E-state index in [1.165, 1.54) is 0 Å². The molecule has 1 N–H and O–H groups in total. The van der Waals surface area contributed by atoms with E-state index in [9.17, 15) is 9.28 Å². The summed E-state index contributed by atoms with van der Waals surface area (Å²) in [5, 5.41) is 8.29. The maximum atomic E-state index is 13.1. The van der Waals surface area contributed by atoms with Crippen LogP contribution in [0, 0.1) is 11.3 Å². The first-order valence-electron chi connectivity index (χ1n) is 5.23. The molecule has 0 aromatic rings. The number of hydrogen-bond acceptors (Lipinski definition) is 5. The quantitative estimate of drug-likeness (QED) is 0.590. The fourth-order valence-corrected chi connectivity index (χ4v) is 2.57. The largest absolute Gasteiger partial charge is 0.370 e. The lowest BCUT2D eigenvalue weighted by molar-refractivity contribution is 0.0123. The van der Waals surface area contributed by atoms with Crippen LogP contribution < -0.4 is 0 Å². The van der Waals surface area contributed by atoms with E-state index < -0.39 is 25.1 Å². The van der Waals surface area contributed by atoms with Crippen molar-refractivity contribution < 1.29 is 23.1 Å². The van der Waals surface area contributed by atoms with Gasteiger partial charge in [0.1, 0.15) is 6.17 Å². The van der Waals surface area contributed by atoms with Gasteiger partial charge in [0.15, 0.2) is 0 Å². The minimum atomic E-state index is -3.33. The SMILES string of the molecule is C[C@@H]1O[C@H](COP(O)(=S)OCCC#N)C[C@@H]1F. The van der Waals surface area contributed by atoms with Crippen LogP contribution in [0.25, 0.3) is 0 Å². The lowest BCUT2D eigenvalue weighted by Gasteiger charge is -2.17. The van der Waals surface area contributed by atoms with Gasteiger partial charge in [-0.2, -0.15) is 5.26 Å². The van der Waals surface area contributed by atoms with Gasteiger partial charge in [-0.1, -0.05) is 0 Å². The van der Waals surface area contributed by atoms with Crippen molar-refractivity contribution >= 4 is 18.5 Å². The lowest BCUT2D eigenvalue weighted by Crippen LogP contribution is -2.15. The third-order valence-corrected chi connectivity index (χ3v) is 3.91. The average molecular weight is 283 g/mol. The molecule has 0 amide bonds. The van der Waals surface area contributed by atoms with Crippen LogP contribution in [0.4, 0.5) is 4.39 Å². The molecular weight excluding hydrogens is 268 g/mol. The normalized spacial score (nSPS) is 32.0. The Bertz CT molecular complexity index is 327. The number of nitrogens with zero attached hydrogens (tertiary/aromatic N) is 1. The lowest BCUT2D eigenvalue weighted by atomic mass is 10.2. The topological polar surface area (TPSA) is 71.7 Å². The summed E-state index contributed by atoms with van der Waals surface area (Å²) in [4.78, 5) is 9.56. The number of rotatable bonds is 6. The van der Waals surface area contributed by atoms with Gasteiger partial charge in [0.2, 0.25) is 0 Å². The number of ether oxygens (including phenoxy) is 1. The molecule has 1 heterocycles. The van der Waals surface area contributed by atoms with Crippen LogP contribution in [-0.2, 0) is 25.6 Å². The van der Waals surface area contributed by atoms with E-state index >= 15 is 0 Å². The maximum Gasteiger partial charge on any atom is 0.324 e. The molecule has 0 aromatic heterocycles. The van der Waals surface area contributed by atoms with Crippen LogP contribution in [-0.4, -0.2) is 36.5 Å². The molecule has 0 aromatic carbocycles. The van der Waals surface area contributed by atoms with Crippen molar-refractivity contribution in [2.45, 2.75) is 38.1 Å². The zero-order valence-electron chi connectivity index (χ0n) is 9.41. The summed E-state index contributed by atoms with van der Waals surface area (Å²) >= 11 is 4.71. The van der Waals surface area contributed by atoms with Crippen molar-refractivity contribution in [2.24, 2.45) is 0 Å². The molecule has 1 aliphatic rings. The van der Waals surface area contributed by atoms with E-state index in [0.717, 1.165) is 0 Å². The third kappa shape index (κ3) is 5.38. The Kier molecular flexibility index (Phi) is 5.93. The molecule has 4 atom stereocenters. The summed E-state index contributed by atoms with van der Waals surface area (Å²) in [5.74, 6) is 0. The molecule has 0 spiro atoms. The highest BCUT2D eigenvalue weighted by atomic mass is 32.5. The highest BCUT2D eigenvalue weighted by Gasteiger charge is 2.33. The Balaban J connectivity index is 2.26. The van der Waals surface area contributed by atoms with Crippen molar-refractivity contribution in [3.63, 3.8) is 0 Å². The zero-order chi connectivity index (χ0) is 12.9. The summed E-state index contributed by atoms with van der Waals surface area (Å²) in [7, 11) is 0. The molecule has 1 saturated heterocycles. The molecule has 17 heavy (non-hydrogen) atoms. The molecule has 5 nitrogen and oxygen atoms in total. The molecule has 1 rings (SSSR count). The summed E-state index contributed by atoms with van der Waals surface area (Å²) < 4.78 is 28.2. The van der Waals surface area contributed by atoms with Crippen LogP contribution in [0.5, 0.6) is 0 Å². The van der Waals surface area contributed by atoms with Crippen LogP contribution in [0.1, 0.15) is 19.8 Å². The van der Waals surface area contributed by atoms with Crippen molar-refractivity contribution in [1.29, 1.82) is 5.26 Å². The second-order valence-electron chi connectivity index (χ2n) is 3.72. The zero-order valence-corrected chi connectivity index (χ0v) is 11.1. The summed E-state index contributed by atoms with van der Waals surface area (Å²) in [6.45, 7) is -1.66. The molecule has 0 saturated carbocycles. The fraction of sp³-hybridized carbons (Fsp3) is 0.889. The second kappa shape index (κ2) is 6.74. The average Bonchev–Trinajstić information content (AvgIpc) is 2.56. The first kappa shape index (κ1) is 15.0. The predicted molar refractivity (Wildman–Crippen MR) is 62.5 cm³/mol. The molecule has 1 aliphatic heterocycles. The molecule has 0 radical (unpaired) electrons. The van der Waals surface area contributed by atoms with Gasteiger partial charge in [-0.25, -0.2) is 4.39 Å². The van der Waals surface area contributed by atoms with Crippen molar-refractivity contribution in [1.82, 2.24) is 0 Å². The Morgan fingerprint density at radius 1 is 1.65 bits per heavy atom. The first-order valence-corrected chi connectivity index (χ1v) is 7.82. The molecule has 98 valence electrons. The van der Waals surface area contributed by atoms with Gasteiger partial charge in [0.25, 0.3) is 0 Å². The van der Waals surface area contributed by atoms with Crippen LogP contribution in [0.15, 0.2) is 0 Å². The smallest absolute Gasteiger partial charge is 0.324 e. The van der Waals surface area contributed by atoms with E-state index in [1.54, 1.807) is 6.92 Å². The highest BCUT2D eigenvalue weighted by Crippen LogP contribution is 2.44. The van der Waals surface area contributed by atoms with E-state index in [4.69, 9.17) is 30.9 Å². The van der Waals surface area contributed by atoms with Crippen LogP contribution in [0.3, 0.4) is 0 Å². The monoisotopic (exact) mass is 283 g/mol. The molecule has 0 aliphatic carbocycles. The molecule has 1 fully saturated rings. The number of halogens is 1. The summed E-state index contributed by atoms with van der Waals surface area (Å²) in [5.41, 5.74) is 0. The van der Waals surface area contributed by atoms with Crippen molar-refractivity contribution in [3.05, 3.63) is 0 Å². The van der Waals surface area contributed by atoms with Gasteiger partial charge < -0.3 is 18.7 Å². The minimum Gasteiger partial charge on any atom is -0.370 e. The van der Waals surface area contributed by atoms with Crippen LogP contribution >= 0.6 is 6.72 Å². The molecule has 8 heteroatoms. The van der Waals surface area contributed by atoms with Crippen LogP contribution in [0.2, 0.25) is 0 Å². The van der Waals surface area contributed by atoms with E-state index in [0.29, 0.717) is 0 Å².